The number of anilines is 3. The molecule has 0 saturated carbocycles. The van der Waals surface area contributed by atoms with Crippen molar-refractivity contribution >= 4 is 71.7 Å². The fourth-order valence-electron chi connectivity index (χ4n) is 6.40. The van der Waals surface area contributed by atoms with Gasteiger partial charge < -0.3 is 13.7 Å². The van der Waals surface area contributed by atoms with E-state index >= 15 is 0 Å². The zero-order valence-electron chi connectivity index (χ0n) is 23.2. The average Bonchev–Trinajstić information content (AvgIpc) is 3.61. The van der Waals surface area contributed by atoms with Crippen molar-refractivity contribution in [3.05, 3.63) is 152 Å². The molecule has 3 nitrogen and oxygen atoms in total. The highest BCUT2D eigenvalue weighted by molar-refractivity contribution is 6.11. The molecule has 9 rings (SSSR count). The van der Waals surface area contributed by atoms with Crippen LogP contribution < -0.4 is 4.90 Å². The van der Waals surface area contributed by atoms with E-state index in [0.29, 0.717) is 0 Å². The first-order chi connectivity index (χ1) is 21.3. The Morgan fingerprint density at radius 3 is 1.91 bits per heavy atom. The molecule has 0 aliphatic rings. The highest BCUT2D eigenvalue weighted by Crippen LogP contribution is 2.43. The Morgan fingerprint density at radius 2 is 1.02 bits per heavy atom. The number of nitrogens with zero attached hydrogens (tertiary/aromatic N) is 1. The van der Waals surface area contributed by atoms with Crippen LogP contribution in [0.3, 0.4) is 0 Å². The molecular weight excluding hydrogens is 526 g/mol. The minimum Gasteiger partial charge on any atom is -0.456 e. The summed E-state index contributed by atoms with van der Waals surface area (Å²) in [4.78, 5) is 2.31. The van der Waals surface area contributed by atoms with E-state index in [4.69, 9.17) is 8.83 Å². The van der Waals surface area contributed by atoms with Crippen LogP contribution >= 0.6 is 0 Å². The Bertz CT molecular complexity index is 2470. The second-order valence-corrected chi connectivity index (χ2v) is 11.0. The van der Waals surface area contributed by atoms with Crippen molar-refractivity contribution in [2.24, 2.45) is 0 Å². The van der Waals surface area contributed by atoms with E-state index in [9.17, 15) is 0 Å². The summed E-state index contributed by atoms with van der Waals surface area (Å²) >= 11 is 0. The number of rotatable bonds is 4. The average molecular weight is 552 g/mol. The van der Waals surface area contributed by atoms with Crippen molar-refractivity contribution in [3.8, 4) is 11.1 Å². The highest BCUT2D eigenvalue weighted by Gasteiger charge is 2.19. The van der Waals surface area contributed by atoms with E-state index in [-0.39, 0.29) is 0 Å². The molecule has 3 heteroatoms. The number of furan rings is 2. The Hall–Kier alpha value is -5.80. The molecule has 0 radical (unpaired) electrons. The third-order valence-corrected chi connectivity index (χ3v) is 8.43. The lowest BCUT2D eigenvalue weighted by Gasteiger charge is -2.27. The van der Waals surface area contributed by atoms with Gasteiger partial charge in [-0.15, -0.1) is 0 Å². The van der Waals surface area contributed by atoms with Gasteiger partial charge in [-0.25, -0.2) is 0 Å². The number of benzene rings is 7. The largest absolute Gasteiger partial charge is 0.456 e. The summed E-state index contributed by atoms with van der Waals surface area (Å²) in [7, 11) is 0. The first kappa shape index (κ1) is 23.9. The van der Waals surface area contributed by atoms with E-state index in [1.165, 1.54) is 10.8 Å². The molecule has 0 aliphatic heterocycles. The molecule has 0 bridgehead atoms. The topological polar surface area (TPSA) is 29.5 Å². The maximum Gasteiger partial charge on any atom is 0.137 e. The second-order valence-electron chi connectivity index (χ2n) is 11.0. The first-order valence-electron chi connectivity index (χ1n) is 14.5. The van der Waals surface area contributed by atoms with E-state index in [1.807, 2.05) is 12.1 Å². The molecule has 9 aromatic rings. The summed E-state index contributed by atoms with van der Waals surface area (Å²) in [5.74, 6) is 0. The van der Waals surface area contributed by atoms with Gasteiger partial charge >= 0.3 is 0 Å². The zero-order valence-corrected chi connectivity index (χ0v) is 23.2. The van der Waals surface area contributed by atoms with Crippen LogP contribution in [0.15, 0.2) is 160 Å². The first-order valence-corrected chi connectivity index (χ1v) is 14.5. The molecular formula is C40H25NO2. The van der Waals surface area contributed by atoms with Gasteiger partial charge in [0, 0.05) is 44.5 Å². The predicted octanol–water partition coefficient (Wildman–Crippen LogP) is 11.8. The quantitative estimate of drug-likeness (QED) is 0.218. The van der Waals surface area contributed by atoms with Crippen molar-refractivity contribution in [2.75, 3.05) is 4.90 Å². The van der Waals surface area contributed by atoms with Crippen molar-refractivity contribution in [3.63, 3.8) is 0 Å². The maximum atomic E-state index is 6.31. The van der Waals surface area contributed by atoms with Crippen molar-refractivity contribution in [2.45, 2.75) is 0 Å². The highest BCUT2D eigenvalue weighted by atomic mass is 16.3. The normalized spacial score (nSPS) is 11.7. The summed E-state index contributed by atoms with van der Waals surface area (Å²) in [5.41, 5.74) is 9.02. The Balaban J connectivity index is 1.25. The molecule has 0 N–H and O–H groups in total. The van der Waals surface area contributed by atoms with Crippen LogP contribution in [0.4, 0.5) is 17.1 Å². The molecule has 0 aliphatic carbocycles. The predicted molar refractivity (Wildman–Crippen MR) is 179 cm³/mol. The smallest absolute Gasteiger partial charge is 0.137 e. The minimum atomic E-state index is 0.871. The molecule has 0 unspecified atom stereocenters. The third kappa shape index (κ3) is 3.83. The van der Waals surface area contributed by atoms with Crippen molar-refractivity contribution in [1.29, 1.82) is 0 Å². The van der Waals surface area contributed by atoms with Crippen LogP contribution in [0.2, 0.25) is 0 Å². The van der Waals surface area contributed by atoms with Gasteiger partial charge in [-0.3, -0.25) is 0 Å². The molecule has 0 saturated heterocycles. The molecule has 2 aromatic heterocycles. The molecule has 0 atom stereocenters. The van der Waals surface area contributed by atoms with Crippen LogP contribution in [0.1, 0.15) is 0 Å². The molecule has 2 heterocycles. The van der Waals surface area contributed by atoms with Gasteiger partial charge in [0.15, 0.2) is 0 Å². The van der Waals surface area contributed by atoms with E-state index < -0.39 is 0 Å². The number of para-hydroxylation sites is 3. The van der Waals surface area contributed by atoms with Gasteiger partial charge in [-0.2, -0.15) is 0 Å². The third-order valence-electron chi connectivity index (χ3n) is 8.43. The van der Waals surface area contributed by atoms with Crippen LogP contribution in [-0.2, 0) is 0 Å². The standard InChI is InChI=1S/C40H25NO2/c1-2-12-29(13-3-1)41(30-19-20-33-32-15-7-9-17-37(32)42-40(33)25-30)36-16-8-6-14-31(36)28-18-21-38-34(23-28)35-22-26-10-4-5-11-27(26)24-39(35)43-38/h1-25H. The molecule has 7 aromatic carbocycles. The van der Waals surface area contributed by atoms with Crippen LogP contribution in [-0.4, -0.2) is 0 Å². The molecule has 202 valence electrons. The summed E-state index contributed by atoms with van der Waals surface area (Å²) in [6.45, 7) is 0. The molecule has 0 fully saturated rings. The van der Waals surface area contributed by atoms with E-state index in [0.717, 1.165) is 72.1 Å². The maximum absolute atomic E-state index is 6.31. The zero-order chi connectivity index (χ0) is 28.3. The Kier molecular flexibility index (Phi) is 5.20. The number of fused-ring (bicyclic) bond motifs is 7. The summed E-state index contributed by atoms with van der Waals surface area (Å²) in [6, 6.07) is 53.2. The van der Waals surface area contributed by atoms with E-state index in [1.54, 1.807) is 0 Å². The van der Waals surface area contributed by atoms with Crippen molar-refractivity contribution < 1.29 is 8.83 Å². The van der Waals surface area contributed by atoms with Crippen LogP contribution in [0.5, 0.6) is 0 Å². The number of hydrogen-bond donors (Lipinski definition) is 0. The van der Waals surface area contributed by atoms with Gasteiger partial charge in [0.1, 0.15) is 22.3 Å². The Labute approximate surface area is 247 Å². The van der Waals surface area contributed by atoms with Crippen molar-refractivity contribution in [1.82, 2.24) is 0 Å². The van der Waals surface area contributed by atoms with Crippen LogP contribution in [0, 0.1) is 0 Å². The van der Waals surface area contributed by atoms with Gasteiger partial charge in [0.05, 0.1) is 5.69 Å². The van der Waals surface area contributed by atoms with Gasteiger partial charge in [-0.05, 0) is 77.0 Å². The lowest BCUT2D eigenvalue weighted by atomic mass is 9.99. The van der Waals surface area contributed by atoms with Crippen LogP contribution in [0.25, 0.3) is 65.8 Å². The Morgan fingerprint density at radius 1 is 0.372 bits per heavy atom. The van der Waals surface area contributed by atoms with Gasteiger partial charge in [0.2, 0.25) is 0 Å². The lowest BCUT2D eigenvalue weighted by molar-refractivity contribution is 0.669. The second kappa shape index (κ2) is 9.37. The lowest BCUT2D eigenvalue weighted by Crippen LogP contribution is -2.11. The number of hydrogen-bond acceptors (Lipinski definition) is 3. The van der Waals surface area contributed by atoms with Gasteiger partial charge in [-0.1, -0.05) is 84.9 Å². The summed E-state index contributed by atoms with van der Waals surface area (Å²) in [6.07, 6.45) is 0. The summed E-state index contributed by atoms with van der Waals surface area (Å²) in [5, 5.41) is 6.88. The fraction of sp³-hybridized carbons (Fsp3) is 0. The van der Waals surface area contributed by atoms with Gasteiger partial charge in [0.25, 0.3) is 0 Å². The monoisotopic (exact) mass is 551 g/mol. The minimum absolute atomic E-state index is 0.871. The molecule has 43 heavy (non-hydrogen) atoms. The fourth-order valence-corrected chi connectivity index (χ4v) is 6.40. The summed E-state index contributed by atoms with van der Waals surface area (Å²) < 4.78 is 12.6. The molecule has 0 spiro atoms. The molecule has 0 amide bonds. The SMILES string of the molecule is c1ccc(N(c2ccc3c(c2)oc2ccccc23)c2ccccc2-c2ccc3oc4cc5ccccc5cc4c3c2)cc1. The van der Waals surface area contributed by atoms with E-state index in [2.05, 4.69) is 144 Å².